The maximum absolute atomic E-state index is 13.4. The van der Waals surface area contributed by atoms with Crippen molar-refractivity contribution >= 4 is 28.6 Å². The van der Waals surface area contributed by atoms with Crippen molar-refractivity contribution in [3.05, 3.63) is 83.8 Å². The fourth-order valence-electron chi connectivity index (χ4n) is 4.42. The summed E-state index contributed by atoms with van der Waals surface area (Å²) in [7, 11) is 0. The van der Waals surface area contributed by atoms with Crippen molar-refractivity contribution in [1.82, 2.24) is 29.7 Å². The van der Waals surface area contributed by atoms with Crippen molar-refractivity contribution in [2.75, 3.05) is 4.90 Å². The van der Waals surface area contributed by atoms with E-state index in [2.05, 4.69) is 20.2 Å². The lowest BCUT2D eigenvalue weighted by molar-refractivity contribution is 0.0696. The van der Waals surface area contributed by atoms with Gasteiger partial charge in [-0.25, -0.2) is 19.7 Å². The van der Waals surface area contributed by atoms with Gasteiger partial charge < -0.3 is 9.67 Å². The highest BCUT2D eigenvalue weighted by Gasteiger charge is 2.30. The monoisotopic (exact) mass is 491 g/mol. The molecule has 0 unspecified atom stereocenters. The zero-order valence-corrected chi connectivity index (χ0v) is 20.0. The molecule has 10 nitrogen and oxygen atoms in total. The molecule has 0 saturated carbocycles. The van der Waals surface area contributed by atoms with Gasteiger partial charge in [-0.2, -0.15) is 0 Å². The fraction of sp³-hybridized carbons (Fsp3) is 0.148. The highest BCUT2D eigenvalue weighted by Crippen LogP contribution is 2.31. The number of amides is 1. The standard InChI is InChI=1S/C27H21N7O3/c1-15(2)34-14-29-32-25(34)21-4-3-5-23(30-21)33-13-19-9-6-16(10-20(19)26(33)35)24-28-12-18-8-7-17(27(36)37)11-22(18)31-24/h3-12,14-15H,13H2,1-2H3,(H,36,37). The number of aromatic nitrogens is 6. The first-order chi connectivity index (χ1) is 17.9. The summed E-state index contributed by atoms with van der Waals surface area (Å²) in [4.78, 5) is 40.1. The van der Waals surface area contributed by atoms with Crippen LogP contribution < -0.4 is 4.90 Å². The molecule has 1 aliphatic rings. The molecule has 1 amide bonds. The van der Waals surface area contributed by atoms with Crippen LogP contribution in [0, 0.1) is 0 Å². The number of nitrogens with zero attached hydrogens (tertiary/aromatic N) is 7. The average Bonchev–Trinajstić information content (AvgIpc) is 3.53. The predicted octanol–water partition coefficient (Wildman–Crippen LogP) is 4.39. The highest BCUT2D eigenvalue weighted by molar-refractivity contribution is 6.10. The van der Waals surface area contributed by atoms with Gasteiger partial charge in [0.05, 0.1) is 17.6 Å². The molecule has 1 N–H and O–H groups in total. The minimum absolute atomic E-state index is 0.151. The molecular formula is C27H21N7O3. The molecule has 4 heterocycles. The van der Waals surface area contributed by atoms with Gasteiger partial charge in [0.1, 0.15) is 17.8 Å². The van der Waals surface area contributed by atoms with Crippen LogP contribution in [0.5, 0.6) is 0 Å². The van der Waals surface area contributed by atoms with Crippen molar-refractivity contribution in [2.45, 2.75) is 26.4 Å². The topological polar surface area (TPSA) is 127 Å². The van der Waals surface area contributed by atoms with Crippen molar-refractivity contribution in [1.29, 1.82) is 0 Å². The van der Waals surface area contributed by atoms with Crippen molar-refractivity contribution in [3.63, 3.8) is 0 Å². The number of hydrogen-bond acceptors (Lipinski definition) is 7. The molecule has 3 aromatic heterocycles. The Kier molecular flexibility index (Phi) is 5.22. The average molecular weight is 492 g/mol. The van der Waals surface area contributed by atoms with Gasteiger partial charge >= 0.3 is 5.97 Å². The largest absolute Gasteiger partial charge is 0.478 e. The third kappa shape index (κ3) is 3.88. The molecule has 0 atom stereocenters. The first-order valence-electron chi connectivity index (χ1n) is 11.7. The van der Waals surface area contributed by atoms with Crippen molar-refractivity contribution in [2.24, 2.45) is 0 Å². The second-order valence-corrected chi connectivity index (χ2v) is 9.07. The molecule has 1 aliphatic heterocycles. The van der Waals surface area contributed by atoms with E-state index in [0.29, 0.717) is 46.3 Å². The second kappa shape index (κ2) is 8.59. The van der Waals surface area contributed by atoms with E-state index in [-0.39, 0.29) is 17.5 Å². The summed E-state index contributed by atoms with van der Waals surface area (Å²) < 4.78 is 1.93. The van der Waals surface area contributed by atoms with E-state index in [0.717, 1.165) is 10.9 Å². The summed E-state index contributed by atoms with van der Waals surface area (Å²) in [6.45, 7) is 4.47. The number of aromatic carboxylic acids is 1. The van der Waals surface area contributed by atoms with Crippen LogP contribution in [0.3, 0.4) is 0 Å². The Bertz CT molecular complexity index is 1710. The van der Waals surface area contributed by atoms with E-state index in [4.69, 9.17) is 4.98 Å². The van der Waals surface area contributed by atoms with Gasteiger partial charge in [-0.05, 0) is 49.7 Å². The van der Waals surface area contributed by atoms with Gasteiger partial charge in [0.25, 0.3) is 5.91 Å². The quantitative estimate of drug-likeness (QED) is 0.383. The van der Waals surface area contributed by atoms with Crippen LogP contribution in [0.15, 0.2) is 67.1 Å². The summed E-state index contributed by atoms with van der Waals surface area (Å²) in [5.41, 5.74) is 3.41. The summed E-state index contributed by atoms with van der Waals surface area (Å²) >= 11 is 0. The highest BCUT2D eigenvalue weighted by atomic mass is 16.4. The van der Waals surface area contributed by atoms with Gasteiger partial charge in [-0.1, -0.05) is 24.3 Å². The van der Waals surface area contributed by atoms with E-state index in [9.17, 15) is 14.7 Å². The number of anilines is 1. The number of carboxylic acid groups (broad SMARTS) is 1. The Morgan fingerprint density at radius 1 is 1.05 bits per heavy atom. The van der Waals surface area contributed by atoms with Gasteiger partial charge in [-0.15, -0.1) is 10.2 Å². The van der Waals surface area contributed by atoms with E-state index in [1.807, 2.05) is 42.7 Å². The summed E-state index contributed by atoms with van der Waals surface area (Å²) in [6, 6.07) is 15.9. The maximum atomic E-state index is 13.4. The smallest absolute Gasteiger partial charge is 0.335 e. The SMILES string of the molecule is CC(C)n1cnnc1-c1cccc(N2Cc3ccc(-c4ncc5ccc(C(=O)O)cc5n4)cc3C2=O)n1. The first-order valence-corrected chi connectivity index (χ1v) is 11.7. The number of hydrogen-bond donors (Lipinski definition) is 1. The van der Waals surface area contributed by atoms with E-state index in [1.54, 1.807) is 35.6 Å². The number of pyridine rings is 1. The Labute approximate surface area is 211 Å². The van der Waals surface area contributed by atoms with Gasteiger partial charge in [0, 0.05) is 28.8 Å². The number of carboxylic acids is 1. The summed E-state index contributed by atoms with van der Waals surface area (Å²) in [5.74, 6) is 0.398. The third-order valence-corrected chi connectivity index (χ3v) is 6.37. The molecule has 0 bridgehead atoms. The molecule has 37 heavy (non-hydrogen) atoms. The Balaban J connectivity index is 1.33. The molecule has 6 rings (SSSR count). The number of fused-ring (bicyclic) bond motifs is 2. The second-order valence-electron chi connectivity index (χ2n) is 9.07. The molecule has 10 heteroatoms. The molecule has 0 saturated heterocycles. The number of rotatable bonds is 5. The molecule has 0 fully saturated rings. The number of carbonyl (C=O) groups excluding carboxylic acids is 1. The van der Waals surface area contributed by atoms with Crippen LogP contribution in [0.25, 0.3) is 33.8 Å². The lowest BCUT2D eigenvalue weighted by Gasteiger charge is -2.16. The summed E-state index contributed by atoms with van der Waals surface area (Å²) in [5, 5.41) is 18.3. The van der Waals surface area contributed by atoms with Crippen LogP contribution in [0.2, 0.25) is 0 Å². The fourth-order valence-corrected chi connectivity index (χ4v) is 4.42. The van der Waals surface area contributed by atoms with Crippen molar-refractivity contribution < 1.29 is 14.7 Å². The van der Waals surface area contributed by atoms with Crippen LogP contribution in [-0.4, -0.2) is 46.7 Å². The normalized spacial score (nSPS) is 12.9. The van der Waals surface area contributed by atoms with Gasteiger partial charge in [0.15, 0.2) is 11.6 Å². The Morgan fingerprint density at radius 2 is 1.92 bits per heavy atom. The Morgan fingerprint density at radius 3 is 2.73 bits per heavy atom. The van der Waals surface area contributed by atoms with Gasteiger partial charge in [-0.3, -0.25) is 9.69 Å². The molecular weight excluding hydrogens is 470 g/mol. The van der Waals surface area contributed by atoms with Crippen LogP contribution in [0.4, 0.5) is 5.82 Å². The maximum Gasteiger partial charge on any atom is 0.335 e. The third-order valence-electron chi connectivity index (χ3n) is 6.37. The molecule has 0 radical (unpaired) electrons. The van der Waals surface area contributed by atoms with Crippen molar-refractivity contribution in [3.8, 4) is 22.9 Å². The minimum atomic E-state index is -1.02. The van der Waals surface area contributed by atoms with E-state index in [1.165, 1.54) is 12.1 Å². The molecule has 5 aromatic rings. The summed E-state index contributed by atoms with van der Waals surface area (Å²) in [6.07, 6.45) is 3.32. The Hall–Kier alpha value is -4.99. The van der Waals surface area contributed by atoms with E-state index >= 15 is 0 Å². The molecule has 182 valence electrons. The van der Waals surface area contributed by atoms with Gasteiger partial charge in [0.2, 0.25) is 0 Å². The molecule has 0 spiro atoms. The molecule has 0 aliphatic carbocycles. The minimum Gasteiger partial charge on any atom is -0.478 e. The van der Waals surface area contributed by atoms with Crippen LogP contribution >= 0.6 is 0 Å². The van der Waals surface area contributed by atoms with Crippen LogP contribution in [-0.2, 0) is 6.54 Å². The van der Waals surface area contributed by atoms with Crippen LogP contribution in [0.1, 0.15) is 46.2 Å². The lowest BCUT2D eigenvalue weighted by atomic mass is 10.1. The zero-order valence-electron chi connectivity index (χ0n) is 20.0. The van der Waals surface area contributed by atoms with E-state index < -0.39 is 5.97 Å². The number of carbonyl (C=O) groups is 2. The first kappa shape index (κ1) is 22.5. The molecule has 2 aromatic carbocycles. The zero-order chi connectivity index (χ0) is 25.7. The lowest BCUT2D eigenvalue weighted by Crippen LogP contribution is -2.24. The number of benzene rings is 2. The predicted molar refractivity (Wildman–Crippen MR) is 136 cm³/mol.